The molecule has 2 amide bonds. The summed E-state index contributed by atoms with van der Waals surface area (Å²) in [6, 6.07) is 15.0. The lowest BCUT2D eigenvalue weighted by atomic mass is 9.93. The third-order valence-corrected chi connectivity index (χ3v) is 6.83. The van der Waals surface area contributed by atoms with Gasteiger partial charge in [-0.15, -0.1) is 0 Å². The summed E-state index contributed by atoms with van der Waals surface area (Å²) in [6.07, 6.45) is 1.51. The maximum Gasteiger partial charge on any atom is 0.262 e. The number of benzene rings is 2. The molecule has 1 aliphatic heterocycles. The maximum atomic E-state index is 13.6. The average molecular weight is 495 g/mol. The van der Waals surface area contributed by atoms with Gasteiger partial charge in [0.2, 0.25) is 5.91 Å². The number of carbonyl (C=O) groups is 2. The van der Waals surface area contributed by atoms with Crippen LogP contribution >= 0.6 is 15.9 Å². The van der Waals surface area contributed by atoms with Gasteiger partial charge in [-0.1, -0.05) is 34.1 Å². The van der Waals surface area contributed by atoms with E-state index in [2.05, 4.69) is 26.6 Å². The summed E-state index contributed by atoms with van der Waals surface area (Å²) in [5.74, 6) is 1.85. The Labute approximate surface area is 194 Å². The third kappa shape index (κ3) is 3.71. The van der Waals surface area contributed by atoms with Crippen LogP contribution in [0.25, 0.3) is 0 Å². The molecule has 0 radical (unpaired) electrons. The highest BCUT2D eigenvalue weighted by molar-refractivity contribution is 9.10. The number of furan rings is 1. The molecule has 6 nitrogen and oxygen atoms in total. The second-order valence-electron chi connectivity index (χ2n) is 8.51. The molecule has 2 aliphatic rings. The fraction of sp³-hybridized carbons (Fsp3) is 0.280. The molecule has 1 atom stereocenters. The minimum atomic E-state index is -0.614. The highest BCUT2D eigenvalue weighted by atomic mass is 79.9. The SMILES string of the molecule is Cc1ccc(C(NC(=O)C2(c3ccc4c(c3)OCC(=O)N4)CC2)c2ccc(C)o2)c(Br)c1. The predicted molar refractivity (Wildman–Crippen MR) is 124 cm³/mol. The first-order valence-electron chi connectivity index (χ1n) is 10.6. The Morgan fingerprint density at radius 2 is 1.94 bits per heavy atom. The van der Waals surface area contributed by atoms with Gasteiger partial charge in [0.15, 0.2) is 6.61 Å². The minimum absolute atomic E-state index is 0.0168. The molecule has 1 aromatic heterocycles. The number of fused-ring (bicyclic) bond motifs is 1. The first-order valence-corrected chi connectivity index (χ1v) is 11.4. The van der Waals surface area contributed by atoms with Crippen LogP contribution in [0.1, 0.15) is 47.1 Å². The van der Waals surface area contributed by atoms with E-state index in [4.69, 9.17) is 9.15 Å². The van der Waals surface area contributed by atoms with Crippen molar-refractivity contribution in [2.75, 3.05) is 11.9 Å². The first-order chi connectivity index (χ1) is 15.4. The molecule has 1 saturated carbocycles. The fourth-order valence-electron chi connectivity index (χ4n) is 4.19. The Bertz CT molecular complexity index is 1230. The minimum Gasteiger partial charge on any atom is -0.482 e. The molecule has 2 aromatic carbocycles. The van der Waals surface area contributed by atoms with Crippen LogP contribution in [0, 0.1) is 13.8 Å². The van der Waals surface area contributed by atoms with Crippen LogP contribution in [0.2, 0.25) is 0 Å². The zero-order valence-corrected chi connectivity index (χ0v) is 19.4. The van der Waals surface area contributed by atoms with E-state index < -0.39 is 11.5 Å². The summed E-state index contributed by atoms with van der Waals surface area (Å²) < 4.78 is 12.4. The Hall–Kier alpha value is -3.06. The molecule has 3 aromatic rings. The van der Waals surface area contributed by atoms with Crippen molar-refractivity contribution in [1.82, 2.24) is 5.32 Å². The molecule has 1 unspecified atom stereocenters. The smallest absolute Gasteiger partial charge is 0.262 e. The van der Waals surface area contributed by atoms with Gasteiger partial charge in [-0.2, -0.15) is 0 Å². The van der Waals surface area contributed by atoms with Crippen LogP contribution in [0.5, 0.6) is 5.75 Å². The Morgan fingerprint density at radius 3 is 2.62 bits per heavy atom. The van der Waals surface area contributed by atoms with Gasteiger partial charge >= 0.3 is 0 Å². The van der Waals surface area contributed by atoms with E-state index in [1.54, 1.807) is 6.07 Å². The standard InChI is InChI=1S/C25H23BrN2O4/c1-14-3-6-17(18(26)11-14)23(20-8-4-15(2)32-20)28-24(30)25(9-10-25)16-5-7-19-21(12-16)31-13-22(29)27-19/h3-8,11-12,23H,9-10,13H2,1-2H3,(H,27,29)(H,28,30). The number of anilines is 1. The summed E-state index contributed by atoms with van der Waals surface area (Å²) in [5.41, 5.74) is 2.97. The molecule has 1 aliphatic carbocycles. The molecule has 5 rings (SSSR count). The van der Waals surface area contributed by atoms with E-state index >= 15 is 0 Å². The Balaban J connectivity index is 1.46. The van der Waals surface area contributed by atoms with Crippen LogP contribution in [0.15, 0.2) is 57.4 Å². The van der Waals surface area contributed by atoms with Gasteiger partial charge in [0.1, 0.15) is 23.3 Å². The Kier molecular flexibility index (Phi) is 5.08. The predicted octanol–water partition coefficient (Wildman–Crippen LogP) is 4.93. The molecule has 0 saturated heterocycles. The lowest BCUT2D eigenvalue weighted by molar-refractivity contribution is -0.124. The number of nitrogens with one attached hydrogen (secondary N) is 2. The number of carbonyl (C=O) groups excluding carboxylic acids is 2. The second kappa shape index (κ2) is 7.81. The molecule has 0 spiro atoms. The van der Waals surface area contributed by atoms with Crippen molar-refractivity contribution >= 4 is 33.4 Å². The van der Waals surface area contributed by atoms with E-state index in [-0.39, 0.29) is 18.4 Å². The van der Waals surface area contributed by atoms with Crippen LogP contribution in [-0.2, 0) is 15.0 Å². The van der Waals surface area contributed by atoms with Crippen molar-refractivity contribution in [3.63, 3.8) is 0 Å². The molecule has 7 heteroatoms. The highest BCUT2D eigenvalue weighted by Gasteiger charge is 2.52. The van der Waals surface area contributed by atoms with Crippen molar-refractivity contribution in [3.8, 4) is 5.75 Å². The number of rotatable bonds is 5. The topological polar surface area (TPSA) is 80.6 Å². The van der Waals surface area contributed by atoms with E-state index in [1.807, 2.05) is 56.3 Å². The Morgan fingerprint density at radius 1 is 1.12 bits per heavy atom. The van der Waals surface area contributed by atoms with E-state index in [0.717, 1.165) is 39.8 Å². The summed E-state index contributed by atoms with van der Waals surface area (Å²) in [5, 5.41) is 6.03. The summed E-state index contributed by atoms with van der Waals surface area (Å²) in [7, 11) is 0. The molecular weight excluding hydrogens is 472 g/mol. The molecule has 32 heavy (non-hydrogen) atoms. The van der Waals surface area contributed by atoms with E-state index in [1.165, 1.54) is 0 Å². The van der Waals surface area contributed by atoms with Crippen molar-refractivity contribution in [2.45, 2.75) is 38.1 Å². The van der Waals surface area contributed by atoms with Gasteiger partial charge in [0.25, 0.3) is 5.91 Å². The van der Waals surface area contributed by atoms with Gasteiger partial charge < -0.3 is 19.8 Å². The molecule has 2 N–H and O–H groups in total. The van der Waals surface area contributed by atoms with Gasteiger partial charge in [-0.3, -0.25) is 9.59 Å². The highest BCUT2D eigenvalue weighted by Crippen LogP contribution is 2.50. The van der Waals surface area contributed by atoms with Gasteiger partial charge in [0.05, 0.1) is 11.1 Å². The molecule has 2 heterocycles. The number of hydrogen-bond donors (Lipinski definition) is 2. The van der Waals surface area contributed by atoms with E-state index in [0.29, 0.717) is 17.2 Å². The molecule has 164 valence electrons. The third-order valence-electron chi connectivity index (χ3n) is 6.14. The zero-order valence-electron chi connectivity index (χ0n) is 17.8. The van der Waals surface area contributed by atoms with Crippen molar-refractivity contribution in [1.29, 1.82) is 0 Å². The average Bonchev–Trinajstić information content (AvgIpc) is 3.47. The van der Waals surface area contributed by atoms with Crippen molar-refractivity contribution in [3.05, 3.63) is 81.2 Å². The number of halogens is 1. The van der Waals surface area contributed by atoms with Gasteiger partial charge in [-0.25, -0.2) is 0 Å². The van der Waals surface area contributed by atoms with Gasteiger partial charge in [0, 0.05) is 4.47 Å². The maximum absolute atomic E-state index is 13.6. The zero-order chi connectivity index (χ0) is 22.5. The number of amides is 2. The molecular formula is C25H23BrN2O4. The van der Waals surface area contributed by atoms with Crippen LogP contribution in [-0.4, -0.2) is 18.4 Å². The number of aryl methyl sites for hydroxylation is 2. The fourth-order valence-corrected chi connectivity index (χ4v) is 4.91. The lowest BCUT2D eigenvalue weighted by Crippen LogP contribution is -2.38. The second-order valence-corrected chi connectivity index (χ2v) is 9.36. The normalized spacial score (nSPS) is 17.0. The largest absolute Gasteiger partial charge is 0.482 e. The monoisotopic (exact) mass is 494 g/mol. The van der Waals surface area contributed by atoms with Crippen LogP contribution < -0.4 is 15.4 Å². The summed E-state index contributed by atoms with van der Waals surface area (Å²) in [6.45, 7) is 3.90. The lowest BCUT2D eigenvalue weighted by Gasteiger charge is -2.24. The van der Waals surface area contributed by atoms with E-state index in [9.17, 15) is 9.59 Å². The molecule has 1 fully saturated rings. The summed E-state index contributed by atoms with van der Waals surface area (Å²) in [4.78, 5) is 25.2. The van der Waals surface area contributed by atoms with Crippen molar-refractivity contribution in [2.24, 2.45) is 0 Å². The van der Waals surface area contributed by atoms with Crippen LogP contribution in [0.4, 0.5) is 5.69 Å². The first kappa shape index (κ1) is 20.8. The van der Waals surface area contributed by atoms with Crippen molar-refractivity contribution < 1.29 is 18.7 Å². The summed E-state index contributed by atoms with van der Waals surface area (Å²) >= 11 is 3.65. The quantitative estimate of drug-likeness (QED) is 0.526. The van der Waals surface area contributed by atoms with Gasteiger partial charge in [-0.05, 0) is 73.7 Å². The number of ether oxygens (including phenoxy) is 1. The number of hydrogen-bond acceptors (Lipinski definition) is 4. The molecule has 0 bridgehead atoms. The van der Waals surface area contributed by atoms with Crippen LogP contribution in [0.3, 0.4) is 0 Å².